The number of nitrogens with zero attached hydrogens (tertiary/aromatic N) is 1. The van der Waals surface area contributed by atoms with Gasteiger partial charge in [-0.25, -0.2) is 13.4 Å². The number of aliphatic carboxylic acids is 1. The third-order valence-electron chi connectivity index (χ3n) is 3.66. The number of carbonyl (C=O) groups is 1. The van der Waals surface area contributed by atoms with E-state index in [2.05, 4.69) is 9.97 Å². The van der Waals surface area contributed by atoms with Gasteiger partial charge in [-0.05, 0) is 35.4 Å². The number of anilines is 1. The Morgan fingerprint density at radius 1 is 1.21 bits per heavy atom. The molecule has 0 saturated carbocycles. The lowest BCUT2D eigenvalue weighted by Gasteiger charge is -2.07. The lowest BCUT2D eigenvalue weighted by Crippen LogP contribution is -2.10. The van der Waals surface area contributed by atoms with Crippen LogP contribution in [0.5, 0.6) is 0 Å². The molecule has 124 valence electrons. The Hall–Kier alpha value is -2.87. The Morgan fingerprint density at radius 2 is 1.92 bits per heavy atom. The van der Waals surface area contributed by atoms with Crippen molar-refractivity contribution >= 4 is 32.7 Å². The van der Waals surface area contributed by atoms with Gasteiger partial charge in [0.05, 0.1) is 17.1 Å². The second-order valence-electron chi connectivity index (χ2n) is 5.32. The summed E-state index contributed by atoms with van der Waals surface area (Å²) in [6.07, 6.45) is 1.33. The lowest BCUT2D eigenvalue weighted by molar-refractivity contribution is -0.136. The lowest BCUT2D eigenvalue weighted by atomic mass is 10.0. The quantitative estimate of drug-likeness (QED) is 0.650. The highest BCUT2D eigenvalue weighted by molar-refractivity contribution is 7.91. The minimum absolute atomic E-state index is 0.0971. The number of nitrogen functional groups attached to an aromatic ring is 1. The minimum Gasteiger partial charge on any atom is -0.481 e. The second-order valence-corrected chi connectivity index (χ2v) is 7.43. The molecule has 4 N–H and O–H groups in total. The number of carboxylic acids is 1. The van der Waals surface area contributed by atoms with Crippen molar-refractivity contribution in [1.29, 1.82) is 0 Å². The number of fused-ring (bicyclic) bond motifs is 1. The molecule has 2 heterocycles. The molecule has 0 bridgehead atoms. The number of benzene rings is 1. The van der Waals surface area contributed by atoms with Gasteiger partial charge in [0.15, 0.2) is 9.84 Å². The molecule has 3 aromatic rings. The van der Waals surface area contributed by atoms with Crippen LogP contribution in [0.15, 0.2) is 47.5 Å². The fourth-order valence-electron chi connectivity index (χ4n) is 2.48. The van der Waals surface area contributed by atoms with Crippen LogP contribution in [0.2, 0.25) is 0 Å². The van der Waals surface area contributed by atoms with Gasteiger partial charge in [-0.15, -0.1) is 0 Å². The van der Waals surface area contributed by atoms with E-state index < -0.39 is 28.0 Å². The van der Waals surface area contributed by atoms with Crippen LogP contribution in [0.4, 0.5) is 5.82 Å². The molecular formula is C16H15N3O4S. The Balaban J connectivity index is 1.97. The van der Waals surface area contributed by atoms with Crippen LogP contribution in [-0.2, 0) is 14.6 Å². The molecule has 0 saturated heterocycles. The van der Waals surface area contributed by atoms with Crippen LogP contribution >= 0.6 is 0 Å². The van der Waals surface area contributed by atoms with E-state index in [9.17, 15) is 13.2 Å². The summed E-state index contributed by atoms with van der Waals surface area (Å²) in [7, 11) is -3.62. The zero-order chi connectivity index (χ0) is 17.3. The molecule has 0 atom stereocenters. The van der Waals surface area contributed by atoms with E-state index in [0.29, 0.717) is 11.5 Å². The van der Waals surface area contributed by atoms with Crippen molar-refractivity contribution in [2.75, 3.05) is 11.5 Å². The summed E-state index contributed by atoms with van der Waals surface area (Å²) in [4.78, 5) is 17.8. The van der Waals surface area contributed by atoms with Gasteiger partial charge in [-0.3, -0.25) is 4.79 Å². The molecule has 2 aromatic heterocycles. The molecule has 3 rings (SSSR count). The molecular weight excluding hydrogens is 330 g/mol. The van der Waals surface area contributed by atoms with Crippen molar-refractivity contribution in [3.63, 3.8) is 0 Å². The van der Waals surface area contributed by atoms with Gasteiger partial charge in [0.1, 0.15) is 11.5 Å². The Bertz CT molecular complexity index is 1010. The third kappa shape index (κ3) is 3.09. The number of sulfone groups is 1. The molecule has 8 heteroatoms. The minimum atomic E-state index is -3.62. The zero-order valence-electron chi connectivity index (χ0n) is 12.6. The molecule has 0 fully saturated rings. The summed E-state index contributed by atoms with van der Waals surface area (Å²) in [6, 6.07) is 9.89. The Kier molecular flexibility index (Phi) is 3.98. The summed E-state index contributed by atoms with van der Waals surface area (Å²) < 4.78 is 24.2. The number of carboxylic acid groups (broad SMARTS) is 1. The van der Waals surface area contributed by atoms with Gasteiger partial charge in [0, 0.05) is 11.6 Å². The average Bonchev–Trinajstić information content (AvgIpc) is 3.00. The van der Waals surface area contributed by atoms with E-state index in [1.54, 1.807) is 24.4 Å². The summed E-state index contributed by atoms with van der Waals surface area (Å²) in [5.74, 6) is -1.21. The Labute approximate surface area is 138 Å². The van der Waals surface area contributed by atoms with Crippen LogP contribution in [-0.4, -0.2) is 35.2 Å². The standard InChI is InChI=1S/C16H15N3O4S/c17-14-9-13(12-5-7-18-16(12)19-14)10-1-3-11(4-2-10)24(22,23)8-6-15(20)21/h1-5,7,9H,6,8H2,(H,20,21)(H3,17,18,19). The van der Waals surface area contributed by atoms with E-state index >= 15 is 0 Å². The number of rotatable bonds is 5. The zero-order valence-corrected chi connectivity index (χ0v) is 13.4. The van der Waals surface area contributed by atoms with E-state index in [1.165, 1.54) is 12.1 Å². The highest BCUT2D eigenvalue weighted by Crippen LogP contribution is 2.29. The summed E-state index contributed by atoms with van der Waals surface area (Å²) in [6.45, 7) is 0. The number of pyridine rings is 1. The van der Waals surface area contributed by atoms with Crippen molar-refractivity contribution in [2.45, 2.75) is 11.3 Å². The largest absolute Gasteiger partial charge is 0.481 e. The van der Waals surface area contributed by atoms with E-state index in [1.807, 2.05) is 6.07 Å². The predicted octanol–water partition coefficient (Wildman–Crippen LogP) is 2.06. The van der Waals surface area contributed by atoms with Crippen molar-refractivity contribution in [3.05, 3.63) is 42.6 Å². The molecule has 24 heavy (non-hydrogen) atoms. The van der Waals surface area contributed by atoms with Gasteiger partial charge in [0.25, 0.3) is 0 Å². The maximum Gasteiger partial charge on any atom is 0.304 e. The van der Waals surface area contributed by atoms with E-state index in [4.69, 9.17) is 10.8 Å². The first kappa shape index (κ1) is 16.0. The normalized spacial score (nSPS) is 11.7. The second kappa shape index (κ2) is 5.97. The van der Waals surface area contributed by atoms with Crippen LogP contribution in [0.25, 0.3) is 22.2 Å². The number of hydrogen-bond acceptors (Lipinski definition) is 5. The third-order valence-corrected chi connectivity index (χ3v) is 5.39. The summed E-state index contributed by atoms with van der Waals surface area (Å²) >= 11 is 0. The van der Waals surface area contributed by atoms with Crippen molar-refractivity contribution in [3.8, 4) is 11.1 Å². The topological polar surface area (TPSA) is 126 Å². The van der Waals surface area contributed by atoms with Crippen LogP contribution in [0, 0.1) is 0 Å². The van der Waals surface area contributed by atoms with Crippen LogP contribution in [0.1, 0.15) is 6.42 Å². The van der Waals surface area contributed by atoms with E-state index in [-0.39, 0.29) is 4.90 Å². The van der Waals surface area contributed by atoms with Gasteiger partial charge in [0.2, 0.25) is 0 Å². The first-order valence-corrected chi connectivity index (χ1v) is 8.80. The maximum absolute atomic E-state index is 12.1. The van der Waals surface area contributed by atoms with Gasteiger partial charge in [-0.2, -0.15) is 0 Å². The highest BCUT2D eigenvalue weighted by atomic mass is 32.2. The number of hydrogen-bond donors (Lipinski definition) is 3. The number of nitrogens with one attached hydrogen (secondary N) is 1. The van der Waals surface area contributed by atoms with E-state index in [0.717, 1.165) is 16.5 Å². The average molecular weight is 345 g/mol. The van der Waals surface area contributed by atoms with Gasteiger partial charge < -0.3 is 15.8 Å². The van der Waals surface area contributed by atoms with Crippen molar-refractivity contribution in [1.82, 2.24) is 9.97 Å². The predicted molar refractivity (Wildman–Crippen MR) is 90.2 cm³/mol. The van der Waals surface area contributed by atoms with Crippen LogP contribution in [0.3, 0.4) is 0 Å². The molecule has 0 aliphatic heterocycles. The molecule has 1 aromatic carbocycles. The fourth-order valence-corrected chi connectivity index (χ4v) is 3.71. The van der Waals surface area contributed by atoms with Gasteiger partial charge in [-0.1, -0.05) is 12.1 Å². The molecule has 0 amide bonds. The molecule has 0 spiro atoms. The first-order valence-electron chi connectivity index (χ1n) is 7.15. The number of aromatic amines is 1. The summed E-state index contributed by atoms with van der Waals surface area (Å²) in [5.41, 5.74) is 8.10. The molecule has 0 aliphatic rings. The van der Waals surface area contributed by atoms with Crippen LogP contribution < -0.4 is 5.73 Å². The number of aromatic nitrogens is 2. The SMILES string of the molecule is Nc1cc(-c2ccc(S(=O)(=O)CCC(=O)O)cc2)c2cc[nH]c2n1. The highest BCUT2D eigenvalue weighted by Gasteiger charge is 2.16. The molecule has 0 unspecified atom stereocenters. The number of H-pyrrole nitrogens is 1. The molecule has 7 nitrogen and oxygen atoms in total. The monoisotopic (exact) mass is 345 g/mol. The number of nitrogens with two attached hydrogens (primary N) is 1. The first-order chi connectivity index (χ1) is 11.4. The fraction of sp³-hybridized carbons (Fsp3) is 0.125. The Morgan fingerprint density at radius 3 is 2.58 bits per heavy atom. The smallest absolute Gasteiger partial charge is 0.304 e. The molecule has 0 radical (unpaired) electrons. The maximum atomic E-state index is 12.1. The van der Waals surface area contributed by atoms with Crippen molar-refractivity contribution < 1.29 is 18.3 Å². The van der Waals surface area contributed by atoms with Crippen molar-refractivity contribution in [2.24, 2.45) is 0 Å². The summed E-state index contributed by atoms with van der Waals surface area (Å²) in [5, 5.41) is 9.52. The van der Waals surface area contributed by atoms with Gasteiger partial charge >= 0.3 is 5.97 Å². The molecule has 0 aliphatic carbocycles.